The number of unbranched alkanes of at least 4 members (excludes halogenated alkanes) is 5. The SMILES string of the molecule is CC/C=C\C/C=C\C/C=C\C/C=C\C/C=C\C/C=C\CCC(=O)OC[C@H](O)COC(=O)CCCCCCC/C=C\C/C=C\C/C=C\CC. The Balaban J connectivity index is 3.65. The second-order valence-corrected chi connectivity index (χ2v) is 11.6. The Bertz CT molecular complexity index is 1020. The highest BCUT2D eigenvalue weighted by Gasteiger charge is 2.11. The molecule has 0 amide bonds. The van der Waals surface area contributed by atoms with Gasteiger partial charge in [0.2, 0.25) is 0 Å². The maximum atomic E-state index is 11.9. The molecule has 0 aliphatic rings. The average Bonchev–Trinajstić information content (AvgIpc) is 3.09. The smallest absolute Gasteiger partial charge is 0.306 e. The van der Waals surface area contributed by atoms with E-state index in [4.69, 9.17) is 9.47 Å². The number of hydrogen-bond acceptors (Lipinski definition) is 5. The van der Waals surface area contributed by atoms with Gasteiger partial charge in [-0.2, -0.15) is 0 Å². The first-order chi connectivity index (χ1) is 23.6. The molecular weight excluding hydrogens is 596 g/mol. The number of carbonyl (C=O) groups excluding carboxylic acids is 2. The van der Waals surface area contributed by atoms with Gasteiger partial charge >= 0.3 is 11.9 Å². The van der Waals surface area contributed by atoms with Crippen molar-refractivity contribution in [3.8, 4) is 0 Å². The number of allylic oxidation sites excluding steroid dienone is 18. The number of aliphatic hydroxyl groups is 1. The Labute approximate surface area is 293 Å². The maximum Gasteiger partial charge on any atom is 0.306 e. The standard InChI is InChI=1S/C43H66O5/c1-3-5-7-9-11-13-15-17-19-20-21-22-24-26-28-30-32-34-36-38-43(46)48-40-41(44)39-47-42(45)37-35-33-31-29-27-25-23-18-16-14-12-10-8-6-4-2/h5-8,11-14,17-19,21-23,26,28,32,34,41,44H,3-4,9-10,15-16,20,24-25,27,29-31,33,35-40H2,1-2H3/b7-5-,8-6-,13-11-,14-12-,19-17-,22-21-,23-18-,28-26-,34-32-/t41-/m1/s1. The highest BCUT2D eigenvalue weighted by molar-refractivity contribution is 5.70. The number of rotatable bonds is 31. The third-order valence-corrected chi connectivity index (χ3v) is 7.02. The molecule has 1 atom stereocenters. The summed E-state index contributed by atoms with van der Waals surface area (Å²) < 4.78 is 10.2. The van der Waals surface area contributed by atoms with Gasteiger partial charge in [0.1, 0.15) is 19.3 Å². The second kappa shape index (κ2) is 38.0. The lowest BCUT2D eigenvalue weighted by atomic mass is 10.1. The van der Waals surface area contributed by atoms with E-state index in [9.17, 15) is 14.7 Å². The van der Waals surface area contributed by atoms with Crippen LogP contribution in [-0.2, 0) is 19.1 Å². The van der Waals surface area contributed by atoms with Gasteiger partial charge in [0.15, 0.2) is 0 Å². The fraction of sp³-hybridized carbons (Fsp3) is 0.535. The molecule has 0 radical (unpaired) electrons. The van der Waals surface area contributed by atoms with Crippen LogP contribution in [-0.4, -0.2) is 36.4 Å². The van der Waals surface area contributed by atoms with Crippen molar-refractivity contribution in [2.45, 2.75) is 136 Å². The summed E-state index contributed by atoms with van der Waals surface area (Å²) in [5.74, 6) is -0.693. The first-order valence-electron chi connectivity index (χ1n) is 18.4. The highest BCUT2D eigenvalue weighted by Crippen LogP contribution is 2.09. The molecular formula is C43H66O5. The van der Waals surface area contributed by atoms with Crippen LogP contribution in [0.5, 0.6) is 0 Å². The van der Waals surface area contributed by atoms with Crippen LogP contribution >= 0.6 is 0 Å². The van der Waals surface area contributed by atoms with E-state index in [1.54, 1.807) is 0 Å². The summed E-state index contributed by atoms with van der Waals surface area (Å²) in [4.78, 5) is 23.9. The van der Waals surface area contributed by atoms with Crippen LogP contribution in [0.2, 0.25) is 0 Å². The van der Waals surface area contributed by atoms with Gasteiger partial charge in [-0.3, -0.25) is 9.59 Å². The fourth-order valence-electron chi connectivity index (χ4n) is 4.30. The molecule has 0 saturated heterocycles. The van der Waals surface area contributed by atoms with Gasteiger partial charge in [-0.15, -0.1) is 0 Å². The lowest BCUT2D eigenvalue weighted by Gasteiger charge is -2.12. The minimum absolute atomic E-state index is 0.157. The van der Waals surface area contributed by atoms with Crippen molar-refractivity contribution >= 4 is 11.9 Å². The van der Waals surface area contributed by atoms with E-state index in [0.717, 1.165) is 96.3 Å². The van der Waals surface area contributed by atoms with E-state index in [2.05, 4.69) is 111 Å². The zero-order valence-corrected chi connectivity index (χ0v) is 30.2. The predicted molar refractivity (Wildman–Crippen MR) is 205 cm³/mol. The van der Waals surface area contributed by atoms with Crippen molar-refractivity contribution in [1.29, 1.82) is 0 Å². The highest BCUT2D eigenvalue weighted by atomic mass is 16.6. The molecule has 0 fully saturated rings. The van der Waals surface area contributed by atoms with Crippen molar-refractivity contribution in [1.82, 2.24) is 0 Å². The van der Waals surface area contributed by atoms with Crippen LogP contribution in [0.15, 0.2) is 109 Å². The first-order valence-corrected chi connectivity index (χ1v) is 18.4. The molecule has 0 bridgehead atoms. The molecule has 1 N–H and O–H groups in total. The molecule has 0 aliphatic carbocycles. The van der Waals surface area contributed by atoms with Gasteiger partial charge in [0.25, 0.3) is 0 Å². The van der Waals surface area contributed by atoms with Gasteiger partial charge < -0.3 is 14.6 Å². The summed E-state index contributed by atoms with van der Waals surface area (Å²) in [5.41, 5.74) is 0. The summed E-state index contributed by atoms with van der Waals surface area (Å²) in [6.45, 7) is 3.96. The van der Waals surface area contributed by atoms with E-state index in [-0.39, 0.29) is 31.6 Å². The van der Waals surface area contributed by atoms with Crippen molar-refractivity contribution in [2.24, 2.45) is 0 Å². The second-order valence-electron chi connectivity index (χ2n) is 11.6. The lowest BCUT2D eigenvalue weighted by molar-refractivity contribution is -0.152. The van der Waals surface area contributed by atoms with Gasteiger partial charge in [-0.05, 0) is 83.5 Å². The molecule has 0 saturated carbocycles. The summed E-state index contributed by atoms with van der Waals surface area (Å²) >= 11 is 0. The molecule has 48 heavy (non-hydrogen) atoms. The van der Waals surface area contributed by atoms with Crippen molar-refractivity contribution in [2.75, 3.05) is 13.2 Å². The third-order valence-electron chi connectivity index (χ3n) is 7.02. The number of carbonyl (C=O) groups is 2. The zero-order chi connectivity index (χ0) is 35.0. The summed E-state index contributed by atoms with van der Waals surface area (Å²) in [7, 11) is 0. The Hall–Kier alpha value is -3.44. The number of aliphatic hydroxyl groups excluding tert-OH is 1. The van der Waals surface area contributed by atoms with Gasteiger partial charge in [-0.25, -0.2) is 0 Å². The topological polar surface area (TPSA) is 72.8 Å². The van der Waals surface area contributed by atoms with E-state index in [0.29, 0.717) is 12.8 Å². The van der Waals surface area contributed by atoms with Crippen LogP contribution in [0, 0.1) is 0 Å². The lowest BCUT2D eigenvalue weighted by Crippen LogP contribution is -2.25. The Kier molecular flexibility index (Phi) is 35.3. The zero-order valence-electron chi connectivity index (χ0n) is 30.2. The average molecular weight is 663 g/mol. The molecule has 0 aromatic heterocycles. The molecule has 0 spiro atoms. The van der Waals surface area contributed by atoms with Gasteiger partial charge in [0.05, 0.1) is 0 Å². The molecule has 0 aliphatic heterocycles. The molecule has 268 valence electrons. The van der Waals surface area contributed by atoms with Crippen molar-refractivity contribution in [3.63, 3.8) is 0 Å². The normalized spacial score (nSPS) is 13.5. The molecule has 0 aromatic rings. The Morgan fingerprint density at radius 3 is 1.21 bits per heavy atom. The number of ether oxygens (including phenoxy) is 2. The Morgan fingerprint density at radius 1 is 0.438 bits per heavy atom. The van der Waals surface area contributed by atoms with Crippen molar-refractivity contribution < 1.29 is 24.2 Å². The van der Waals surface area contributed by atoms with Crippen LogP contribution in [0.3, 0.4) is 0 Å². The van der Waals surface area contributed by atoms with Crippen LogP contribution in [0.25, 0.3) is 0 Å². The molecule has 0 unspecified atom stereocenters. The molecule has 5 nitrogen and oxygen atoms in total. The fourth-order valence-corrected chi connectivity index (χ4v) is 4.30. The van der Waals surface area contributed by atoms with Crippen molar-refractivity contribution in [3.05, 3.63) is 109 Å². The number of hydrogen-bond donors (Lipinski definition) is 1. The largest absolute Gasteiger partial charge is 0.463 e. The minimum atomic E-state index is -1.01. The quantitative estimate of drug-likeness (QED) is 0.0454. The van der Waals surface area contributed by atoms with Crippen LogP contribution < -0.4 is 0 Å². The summed E-state index contributed by atoms with van der Waals surface area (Å²) in [6.07, 6.45) is 54.3. The van der Waals surface area contributed by atoms with Crippen LogP contribution in [0.4, 0.5) is 0 Å². The monoisotopic (exact) mass is 662 g/mol. The molecule has 0 aromatic carbocycles. The van der Waals surface area contributed by atoms with Gasteiger partial charge in [0, 0.05) is 12.8 Å². The van der Waals surface area contributed by atoms with Gasteiger partial charge in [-0.1, -0.05) is 142 Å². The van der Waals surface area contributed by atoms with E-state index < -0.39 is 6.10 Å². The third kappa shape index (κ3) is 37.0. The molecule has 0 rings (SSSR count). The Morgan fingerprint density at radius 2 is 0.771 bits per heavy atom. The molecule has 5 heteroatoms. The molecule has 0 heterocycles. The minimum Gasteiger partial charge on any atom is -0.463 e. The maximum absolute atomic E-state index is 11.9. The first kappa shape index (κ1) is 44.6. The van der Waals surface area contributed by atoms with E-state index in [1.165, 1.54) is 0 Å². The van der Waals surface area contributed by atoms with E-state index >= 15 is 0 Å². The summed E-state index contributed by atoms with van der Waals surface area (Å²) in [5, 5.41) is 9.98. The van der Waals surface area contributed by atoms with E-state index in [1.807, 2.05) is 12.2 Å². The predicted octanol–water partition coefficient (Wildman–Crippen LogP) is 11.5. The number of esters is 2. The summed E-state index contributed by atoms with van der Waals surface area (Å²) in [6, 6.07) is 0. The van der Waals surface area contributed by atoms with Crippen LogP contribution in [0.1, 0.15) is 129 Å².